The van der Waals surface area contributed by atoms with E-state index in [1.54, 1.807) is 20.3 Å². The van der Waals surface area contributed by atoms with Gasteiger partial charge in [-0.15, -0.1) is 0 Å². The molecule has 1 saturated heterocycles. The highest BCUT2D eigenvalue weighted by molar-refractivity contribution is 5.93. The third kappa shape index (κ3) is 4.96. The lowest BCUT2D eigenvalue weighted by atomic mass is 10.1. The number of hydrogen-bond acceptors (Lipinski definition) is 6. The molecule has 10 heteroatoms. The highest BCUT2D eigenvalue weighted by Gasteiger charge is 2.37. The minimum absolute atomic E-state index is 0.0297. The number of pyridine rings is 1. The van der Waals surface area contributed by atoms with Crippen molar-refractivity contribution < 1.29 is 19.1 Å². The fourth-order valence-corrected chi connectivity index (χ4v) is 4.34. The van der Waals surface area contributed by atoms with Gasteiger partial charge >= 0.3 is 6.09 Å². The molecule has 186 valence electrons. The van der Waals surface area contributed by atoms with Gasteiger partial charge in [-0.05, 0) is 45.7 Å². The van der Waals surface area contributed by atoms with Gasteiger partial charge in [0.2, 0.25) is 5.91 Å². The lowest BCUT2D eigenvalue weighted by Crippen LogP contribution is -2.36. The number of rotatable bonds is 5. The third-order valence-electron chi connectivity index (χ3n) is 6.31. The van der Waals surface area contributed by atoms with Gasteiger partial charge in [-0.1, -0.05) is 6.92 Å². The molecule has 3 aromatic rings. The molecule has 0 radical (unpaired) electrons. The van der Waals surface area contributed by atoms with Crippen molar-refractivity contribution in [2.24, 2.45) is 18.9 Å². The van der Waals surface area contributed by atoms with Crippen LogP contribution in [0, 0.1) is 11.8 Å². The summed E-state index contributed by atoms with van der Waals surface area (Å²) in [6, 6.07) is 5.80. The van der Waals surface area contributed by atoms with Crippen LogP contribution in [0.15, 0.2) is 30.6 Å². The molecule has 2 fully saturated rings. The minimum atomic E-state index is -0.539. The van der Waals surface area contributed by atoms with Gasteiger partial charge in [-0.25, -0.2) is 9.31 Å². The number of amides is 2. The first-order valence-corrected chi connectivity index (χ1v) is 12.0. The van der Waals surface area contributed by atoms with Crippen LogP contribution in [0.5, 0.6) is 5.75 Å². The monoisotopic (exact) mass is 480 g/mol. The zero-order chi connectivity index (χ0) is 24.9. The van der Waals surface area contributed by atoms with Gasteiger partial charge in [-0.2, -0.15) is 10.2 Å². The molecule has 0 bridgehead atoms. The van der Waals surface area contributed by atoms with E-state index in [9.17, 15) is 9.59 Å². The molecule has 0 spiro atoms. The molecule has 0 unspecified atom stereocenters. The zero-order valence-electron chi connectivity index (χ0n) is 20.8. The Morgan fingerprint density at radius 2 is 1.94 bits per heavy atom. The van der Waals surface area contributed by atoms with Crippen molar-refractivity contribution in [1.82, 2.24) is 24.3 Å². The highest BCUT2D eigenvalue weighted by Crippen LogP contribution is 2.34. The number of fused-ring (bicyclic) bond motifs is 1. The smallest absolute Gasteiger partial charge is 0.410 e. The number of aromatic nitrogens is 4. The summed E-state index contributed by atoms with van der Waals surface area (Å²) < 4.78 is 15.4. The number of aryl methyl sites for hydroxylation is 1. The normalized spacial score (nSPS) is 20.3. The Kier molecular flexibility index (Phi) is 5.69. The first-order chi connectivity index (χ1) is 16.6. The van der Waals surface area contributed by atoms with Crippen LogP contribution in [0.3, 0.4) is 0 Å². The summed E-state index contributed by atoms with van der Waals surface area (Å²) in [5.74, 6) is 1.49. The maximum Gasteiger partial charge on any atom is 0.410 e. The molecule has 1 saturated carbocycles. The number of ether oxygens (including phenoxy) is 2. The Labute approximate surface area is 204 Å². The Balaban J connectivity index is 1.34. The van der Waals surface area contributed by atoms with Crippen molar-refractivity contribution in [2.45, 2.75) is 52.2 Å². The van der Waals surface area contributed by atoms with E-state index in [0.717, 1.165) is 29.6 Å². The number of likely N-dealkylation sites (tertiary alicyclic amines) is 1. The average Bonchev–Trinajstić information content (AvgIpc) is 3.32. The van der Waals surface area contributed by atoms with E-state index in [-0.39, 0.29) is 29.9 Å². The van der Waals surface area contributed by atoms with Crippen molar-refractivity contribution in [2.75, 3.05) is 18.4 Å². The topological polar surface area (TPSA) is 103 Å². The summed E-state index contributed by atoms with van der Waals surface area (Å²) in [6.45, 7) is 8.69. The van der Waals surface area contributed by atoms with E-state index in [0.29, 0.717) is 24.7 Å². The zero-order valence-corrected chi connectivity index (χ0v) is 20.8. The van der Waals surface area contributed by atoms with Crippen molar-refractivity contribution in [1.29, 1.82) is 0 Å². The molecule has 1 aliphatic heterocycles. The second-order valence-electron chi connectivity index (χ2n) is 10.6. The molecule has 0 aromatic carbocycles. The Morgan fingerprint density at radius 3 is 2.66 bits per heavy atom. The molecule has 3 aromatic heterocycles. The molecule has 4 heterocycles. The number of hydrogen-bond donors (Lipinski definition) is 1. The van der Waals surface area contributed by atoms with Gasteiger partial charge < -0.3 is 19.7 Å². The summed E-state index contributed by atoms with van der Waals surface area (Å²) in [4.78, 5) is 26.3. The predicted octanol–water partition coefficient (Wildman–Crippen LogP) is 3.72. The highest BCUT2D eigenvalue weighted by atomic mass is 16.6. The van der Waals surface area contributed by atoms with Crippen LogP contribution < -0.4 is 10.1 Å². The summed E-state index contributed by atoms with van der Waals surface area (Å²) in [6.07, 6.45) is 4.96. The average molecular weight is 481 g/mol. The Morgan fingerprint density at radius 1 is 1.17 bits per heavy atom. The van der Waals surface area contributed by atoms with Gasteiger partial charge in [0.25, 0.3) is 0 Å². The predicted molar refractivity (Wildman–Crippen MR) is 130 cm³/mol. The molecule has 1 N–H and O–H groups in total. The van der Waals surface area contributed by atoms with Crippen LogP contribution in [0.4, 0.5) is 10.6 Å². The maximum absolute atomic E-state index is 12.5. The van der Waals surface area contributed by atoms with Gasteiger partial charge in [0.1, 0.15) is 17.4 Å². The molecule has 10 nitrogen and oxygen atoms in total. The molecular weight excluding hydrogens is 448 g/mol. The molecule has 1 aliphatic carbocycles. The molecule has 2 aliphatic rings. The summed E-state index contributed by atoms with van der Waals surface area (Å²) in [5.41, 5.74) is 2.07. The summed E-state index contributed by atoms with van der Waals surface area (Å²) in [7, 11) is 1.87. The number of anilines is 1. The molecular formula is C25H32N6O4. The fourth-order valence-electron chi connectivity index (χ4n) is 4.34. The first kappa shape index (κ1) is 23.2. The summed E-state index contributed by atoms with van der Waals surface area (Å²) >= 11 is 0. The van der Waals surface area contributed by atoms with E-state index >= 15 is 0 Å². The number of carbonyl (C=O) groups excluding carboxylic acids is 2. The van der Waals surface area contributed by atoms with E-state index in [1.807, 2.05) is 52.2 Å². The molecule has 2 amide bonds. The fraction of sp³-hybridized carbons (Fsp3) is 0.520. The van der Waals surface area contributed by atoms with Gasteiger partial charge in [0.15, 0.2) is 11.6 Å². The van der Waals surface area contributed by atoms with Crippen LogP contribution in [0.2, 0.25) is 0 Å². The second-order valence-corrected chi connectivity index (χ2v) is 10.6. The molecule has 35 heavy (non-hydrogen) atoms. The summed E-state index contributed by atoms with van der Waals surface area (Å²) in [5, 5.41) is 11.8. The van der Waals surface area contributed by atoms with Gasteiger partial charge in [0.05, 0.1) is 18.3 Å². The van der Waals surface area contributed by atoms with Crippen LogP contribution in [-0.4, -0.2) is 61.1 Å². The maximum atomic E-state index is 12.5. The number of nitrogens with one attached hydrogen (secondary N) is 1. The van der Waals surface area contributed by atoms with Gasteiger partial charge in [0, 0.05) is 43.3 Å². The Hall–Kier alpha value is -3.56. The van der Waals surface area contributed by atoms with E-state index in [4.69, 9.17) is 9.47 Å². The molecule has 2 atom stereocenters. The quantitative estimate of drug-likeness (QED) is 0.597. The third-order valence-corrected chi connectivity index (χ3v) is 6.31. The number of nitrogens with zero attached hydrogens (tertiary/aromatic N) is 5. The lowest BCUT2D eigenvalue weighted by molar-refractivity contribution is -0.117. The van der Waals surface area contributed by atoms with E-state index in [2.05, 4.69) is 22.4 Å². The lowest BCUT2D eigenvalue weighted by Gasteiger charge is -2.24. The standard InChI is InChI=1S/C25H32N6O4/c1-15-13-30(24(33)35-25(2,3)4)14-20(15)34-19-12-26-29(5)22(19)17-8-9-31-18(10-17)11-21(28-31)27-23(32)16-6-7-16/h8-12,15-16,20H,6-7,13-14H2,1-5H3,(H,27,28,32)/t15-,20+/m0/s1. The Bertz CT molecular complexity index is 1270. The largest absolute Gasteiger partial charge is 0.484 e. The van der Waals surface area contributed by atoms with E-state index in [1.165, 1.54) is 0 Å². The van der Waals surface area contributed by atoms with Crippen LogP contribution in [-0.2, 0) is 16.6 Å². The van der Waals surface area contributed by atoms with Crippen molar-refractivity contribution in [3.05, 3.63) is 30.6 Å². The minimum Gasteiger partial charge on any atom is -0.484 e. The van der Waals surface area contributed by atoms with Crippen molar-refractivity contribution in [3.8, 4) is 17.0 Å². The van der Waals surface area contributed by atoms with Crippen LogP contribution >= 0.6 is 0 Å². The van der Waals surface area contributed by atoms with Crippen molar-refractivity contribution in [3.63, 3.8) is 0 Å². The molecule has 5 rings (SSSR count). The van der Waals surface area contributed by atoms with E-state index < -0.39 is 5.60 Å². The van der Waals surface area contributed by atoms with Crippen LogP contribution in [0.25, 0.3) is 16.8 Å². The van der Waals surface area contributed by atoms with Crippen LogP contribution in [0.1, 0.15) is 40.5 Å². The second kappa shape index (κ2) is 8.58. The number of carbonyl (C=O) groups is 2. The first-order valence-electron chi connectivity index (χ1n) is 12.0. The van der Waals surface area contributed by atoms with Crippen molar-refractivity contribution >= 4 is 23.3 Å². The SMILES string of the molecule is C[C@H]1CN(C(=O)OC(C)(C)C)C[C@H]1Oc1cnn(C)c1-c1ccn2nc(NC(=O)C3CC3)cc2c1. The van der Waals surface area contributed by atoms with Gasteiger partial charge in [-0.3, -0.25) is 9.48 Å².